The number of halogens is 1. The summed E-state index contributed by atoms with van der Waals surface area (Å²) in [7, 11) is 3.25. The van der Waals surface area contributed by atoms with Crippen LogP contribution in [0.2, 0.25) is 0 Å². The number of terminal acetylenes is 1. The van der Waals surface area contributed by atoms with Gasteiger partial charge >= 0.3 is 0 Å². The highest BCUT2D eigenvalue weighted by Crippen LogP contribution is 2.33. The summed E-state index contributed by atoms with van der Waals surface area (Å²) in [5, 5.41) is 4.26. The maximum Gasteiger partial charge on any atom is 0.175 e. The van der Waals surface area contributed by atoms with Gasteiger partial charge < -0.3 is 19.6 Å². The van der Waals surface area contributed by atoms with E-state index in [9.17, 15) is 0 Å². The standard InChI is InChI=1S/C19H19IN2O3/c1-4-9-25-19-16(20)10-14(11-18(19)24-3)12-21-22-13-15-7-5-6-8-17(15)23-2/h1,5-8,10-12,22H,9,13H2,2-3H3/b21-12+. The maximum absolute atomic E-state index is 5.53. The molecule has 0 aliphatic heterocycles. The van der Waals surface area contributed by atoms with Crippen LogP contribution < -0.4 is 19.6 Å². The Kier molecular flexibility index (Phi) is 7.41. The molecule has 0 saturated carbocycles. The first kappa shape index (κ1) is 18.9. The molecule has 6 heteroatoms. The third kappa shape index (κ3) is 5.29. The van der Waals surface area contributed by atoms with Crippen LogP contribution in [0, 0.1) is 15.9 Å². The summed E-state index contributed by atoms with van der Waals surface area (Å²) >= 11 is 2.18. The van der Waals surface area contributed by atoms with E-state index in [4.69, 9.17) is 20.6 Å². The molecule has 2 rings (SSSR count). The van der Waals surface area contributed by atoms with E-state index in [1.807, 2.05) is 36.4 Å². The molecule has 0 atom stereocenters. The summed E-state index contributed by atoms with van der Waals surface area (Å²) in [6.07, 6.45) is 6.97. The average molecular weight is 450 g/mol. The van der Waals surface area contributed by atoms with Crippen LogP contribution in [0.1, 0.15) is 11.1 Å². The molecule has 0 radical (unpaired) electrons. The molecule has 0 aromatic heterocycles. The lowest BCUT2D eigenvalue weighted by atomic mass is 10.2. The smallest absolute Gasteiger partial charge is 0.175 e. The normalized spacial score (nSPS) is 10.3. The van der Waals surface area contributed by atoms with Crippen LogP contribution in [0.4, 0.5) is 0 Å². The van der Waals surface area contributed by atoms with Gasteiger partial charge in [-0.1, -0.05) is 24.1 Å². The van der Waals surface area contributed by atoms with E-state index in [0.29, 0.717) is 18.0 Å². The highest BCUT2D eigenvalue weighted by atomic mass is 127. The first-order valence-electron chi connectivity index (χ1n) is 7.51. The molecule has 0 fully saturated rings. The summed E-state index contributed by atoms with van der Waals surface area (Å²) in [5.74, 6) is 4.54. The van der Waals surface area contributed by atoms with Crippen LogP contribution in [0.3, 0.4) is 0 Å². The summed E-state index contributed by atoms with van der Waals surface area (Å²) in [6.45, 7) is 0.762. The lowest BCUT2D eigenvalue weighted by Gasteiger charge is -2.11. The van der Waals surface area contributed by atoms with Gasteiger partial charge in [0.2, 0.25) is 0 Å². The van der Waals surface area contributed by atoms with Gasteiger partial charge in [-0.2, -0.15) is 5.10 Å². The number of nitrogens with zero attached hydrogens (tertiary/aromatic N) is 1. The van der Waals surface area contributed by atoms with Crippen molar-refractivity contribution >= 4 is 28.8 Å². The summed E-state index contributed by atoms with van der Waals surface area (Å²) in [5.41, 5.74) is 4.94. The van der Waals surface area contributed by atoms with Gasteiger partial charge in [0.25, 0.3) is 0 Å². The predicted octanol–water partition coefficient (Wildman–Crippen LogP) is 3.44. The monoisotopic (exact) mass is 450 g/mol. The van der Waals surface area contributed by atoms with Crippen LogP contribution in [0.15, 0.2) is 41.5 Å². The minimum Gasteiger partial charge on any atom is -0.496 e. The molecule has 0 heterocycles. The predicted molar refractivity (Wildman–Crippen MR) is 107 cm³/mol. The van der Waals surface area contributed by atoms with Gasteiger partial charge in [0.1, 0.15) is 12.4 Å². The van der Waals surface area contributed by atoms with Gasteiger partial charge in [0, 0.05) is 5.56 Å². The van der Waals surface area contributed by atoms with Crippen molar-refractivity contribution < 1.29 is 14.2 Å². The van der Waals surface area contributed by atoms with E-state index in [0.717, 1.165) is 20.4 Å². The van der Waals surface area contributed by atoms with Crippen LogP contribution in [0.5, 0.6) is 17.2 Å². The van der Waals surface area contributed by atoms with Gasteiger partial charge in [-0.05, 0) is 46.4 Å². The zero-order valence-corrected chi connectivity index (χ0v) is 16.2. The van der Waals surface area contributed by atoms with E-state index < -0.39 is 0 Å². The fraction of sp³-hybridized carbons (Fsp3) is 0.211. The molecule has 0 unspecified atom stereocenters. The Hall–Kier alpha value is -2.40. The molecule has 0 aliphatic rings. The number of rotatable bonds is 8. The van der Waals surface area contributed by atoms with Crippen molar-refractivity contribution in [3.8, 4) is 29.6 Å². The molecular weight excluding hydrogens is 431 g/mol. The van der Waals surface area contributed by atoms with Crippen molar-refractivity contribution in [3.05, 3.63) is 51.1 Å². The fourth-order valence-electron chi connectivity index (χ4n) is 2.17. The van der Waals surface area contributed by atoms with E-state index in [2.05, 4.69) is 39.0 Å². The number of nitrogens with one attached hydrogen (secondary N) is 1. The molecule has 5 nitrogen and oxygen atoms in total. The second-order valence-corrected chi connectivity index (χ2v) is 6.09. The van der Waals surface area contributed by atoms with Crippen LogP contribution in [-0.4, -0.2) is 27.0 Å². The Bertz CT molecular complexity index is 785. The third-order valence-corrected chi connectivity index (χ3v) is 4.12. The fourth-order valence-corrected chi connectivity index (χ4v) is 2.95. The minimum atomic E-state index is 0.195. The number of hydrogen-bond acceptors (Lipinski definition) is 5. The van der Waals surface area contributed by atoms with Crippen molar-refractivity contribution in [1.82, 2.24) is 5.43 Å². The Morgan fingerprint density at radius 2 is 1.96 bits per heavy atom. The minimum absolute atomic E-state index is 0.195. The summed E-state index contributed by atoms with van der Waals surface area (Å²) in [6, 6.07) is 11.6. The summed E-state index contributed by atoms with van der Waals surface area (Å²) < 4.78 is 17.1. The van der Waals surface area contributed by atoms with Crippen molar-refractivity contribution in [2.45, 2.75) is 6.54 Å². The van der Waals surface area contributed by atoms with Crippen LogP contribution in [0.25, 0.3) is 0 Å². The number of benzene rings is 2. The zero-order valence-electron chi connectivity index (χ0n) is 14.1. The molecule has 2 aromatic rings. The first-order valence-corrected chi connectivity index (χ1v) is 8.59. The Morgan fingerprint density at radius 1 is 1.20 bits per heavy atom. The van der Waals surface area contributed by atoms with E-state index in [1.165, 1.54) is 0 Å². The number of para-hydroxylation sites is 1. The van der Waals surface area contributed by atoms with Crippen LogP contribution >= 0.6 is 22.6 Å². The quantitative estimate of drug-likeness (QED) is 0.290. The summed E-state index contributed by atoms with van der Waals surface area (Å²) in [4.78, 5) is 0. The third-order valence-electron chi connectivity index (χ3n) is 3.32. The van der Waals surface area contributed by atoms with Crippen molar-refractivity contribution in [2.24, 2.45) is 5.10 Å². The highest BCUT2D eigenvalue weighted by molar-refractivity contribution is 14.1. The number of hydrogen-bond donors (Lipinski definition) is 1. The van der Waals surface area contributed by atoms with E-state index in [1.54, 1.807) is 20.4 Å². The second-order valence-electron chi connectivity index (χ2n) is 4.93. The molecule has 130 valence electrons. The van der Waals surface area contributed by atoms with Gasteiger partial charge in [-0.3, -0.25) is 0 Å². The molecular formula is C19H19IN2O3. The highest BCUT2D eigenvalue weighted by Gasteiger charge is 2.10. The lowest BCUT2D eigenvalue weighted by Crippen LogP contribution is -2.07. The van der Waals surface area contributed by atoms with Crippen molar-refractivity contribution in [2.75, 3.05) is 20.8 Å². The molecule has 0 saturated heterocycles. The van der Waals surface area contributed by atoms with Crippen molar-refractivity contribution in [3.63, 3.8) is 0 Å². The second kappa shape index (κ2) is 9.79. The zero-order chi connectivity index (χ0) is 18.1. The van der Waals surface area contributed by atoms with Gasteiger partial charge in [-0.25, -0.2) is 0 Å². The molecule has 0 aliphatic carbocycles. The SMILES string of the molecule is C#CCOc1c(I)cc(/C=N/NCc2ccccc2OC)cc1OC. The first-order chi connectivity index (χ1) is 12.2. The topological polar surface area (TPSA) is 52.1 Å². The van der Waals surface area contributed by atoms with Crippen LogP contribution in [-0.2, 0) is 6.54 Å². The van der Waals surface area contributed by atoms with Gasteiger partial charge in [-0.15, -0.1) is 6.42 Å². The molecule has 0 amide bonds. The average Bonchev–Trinajstić information content (AvgIpc) is 2.64. The maximum atomic E-state index is 5.53. The molecule has 1 N–H and O–H groups in total. The Morgan fingerprint density at radius 3 is 2.68 bits per heavy atom. The van der Waals surface area contributed by atoms with E-state index in [-0.39, 0.29) is 6.61 Å². The lowest BCUT2D eigenvalue weighted by molar-refractivity contribution is 0.328. The Labute approximate surface area is 161 Å². The number of methoxy groups -OCH3 is 2. The van der Waals surface area contributed by atoms with Gasteiger partial charge in [0.15, 0.2) is 11.5 Å². The molecule has 25 heavy (non-hydrogen) atoms. The van der Waals surface area contributed by atoms with Gasteiger partial charge in [0.05, 0.1) is 30.5 Å². The molecule has 2 aromatic carbocycles. The van der Waals surface area contributed by atoms with E-state index >= 15 is 0 Å². The largest absolute Gasteiger partial charge is 0.496 e. The molecule has 0 spiro atoms. The Balaban J connectivity index is 2.05. The number of ether oxygens (including phenoxy) is 3. The number of hydrazone groups is 1. The molecule has 0 bridgehead atoms. The van der Waals surface area contributed by atoms with Crippen molar-refractivity contribution in [1.29, 1.82) is 0 Å².